The molecule has 1 aliphatic carbocycles. The third-order valence-corrected chi connectivity index (χ3v) is 3.81. The molecule has 0 radical (unpaired) electrons. The fourth-order valence-corrected chi connectivity index (χ4v) is 2.73. The van der Waals surface area contributed by atoms with E-state index < -0.39 is 5.60 Å². The monoisotopic (exact) mass is 298 g/mol. The summed E-state index contributed by atoms with van der Waals surface area (Å²) in [5.41, 5.74) is -0.457. The lowest BCUT2D eigenvalue weighted by Crippen LogP contribution is -2.39. The zero-order valence-corrected chi connectivity index (χ0v) is 14.1. The van der Waals surface area contributed by atoms with Gasteiger partial charge in [0.25, 0.3) is 0 Å². The molecule has 5 heteroatoms. The highest BCUT2D eigenvalue weighted by Crippen LogP contribution is 2.29. The molecule has 5 nitrogen and oxygen atoms in total. The van der Waals surface area contributed by atoms with E-state index in [1.54, 1.807) is 11.9 Å². The molecule has 122 valence electrons. The molecule has 0 aliphatic heterocycles. The van der Waals surface area contributed by atoms with Gasteiger partial charge in [0.1, 0.15) is 5.60 Å². The molecule has 1 saturated carbocycles. The predicted octanol–water partition coefficient (Wildman–Crippen LogP) is 2.80. The molecular formula is C16H30N2O3. The third kappa shape index (κ3) is 6.36. The highest BCUT2D eigenvalue weighted by molar-refractivity contribution is 5.78. The second-order valence-corrected chi connectivity index (χ2v) is 6.97. The molecule has 0 unspecified atom stereocenters. The van der Waals surface area contributed by atoms with Crippen LogP contribution in [0.2, 0.25) is 0 Å². The SMILES string of the molecule is CCNC(=O)C1CCC(CN(C)C(=O)OC(C)(C)C)CC1. The zero-order chi connectivity index (χ0) is 16.0. The van der Waals surface area contributed by atoms with E-state index in [1.807, 2.05) is 27.7 Å². The fourth-order valence-electron chi connectivity index (χ4n) is 2.73. The van der Waals surface area contributed by atoms with Gasteiger partial charge in [0.05, 0.1) is 0 Å². The standard InChI is InChI=1S/C16H30N2O3/c1-6-17-14(19)13-9-7-12(8-10-13)11-18(5)15(20)21-16(2,3)4/h12-13H,6-11H2,1-5H3,(H,17,19). The molecule has 2 amide bonds. The number of rotatable bonds is 4. The number of nitrogens with zero attached hydrogens (tertiary/aromatic N) is 1. The second-order valence-electron chi connectivity index (χ2n) is 6.97. The first-order valence-corrected chi connectivity index (χ1v) is 7.94. The van der Waals surface area contributed by atoms with Crippen molar-refractivity contribution in [3.8, 4) is 0 Å². The van der Waals surface area contributed by atoms with Crippen LogP contribution in [-0.4, -0.2) is 42.6 Å². The number of nitrogens with one attached hydrogen (secondary N) is 1. The van der Waals surface area contributed by atoms with Gasteiger partial charge in [0.15, 0.2) is 0 Å². The van der Waals surface area contributed by atoms with Crippen molar-refractivity contribution < 1.29 is 14.3 Å². The molecule has 0 spiro atoms. The van der Waals surface area contributed by atoms with Crippen molar-refractivity contribution >= 4 is 12.0 Å². The minimum atomic E-state index is -0.457. The van der Waals surface area contributed by atoms with E-state index in [-0.39, 0.29) is 17.9 Å². The third-order valence-electron chi connectivity index (χ3n) is 3.81. The maximum atomic E-state index is 11.9. The Labute approximate surface area is 128 Å². The van der Waals surface area contributed by atoms with Crippen molar-refractivity contribution in [2.24, 2.45) is 11.8 Å². The van der Waals surface area contributed by atoms with E-state index in [0.717, 1.165) is 25.7 Å². The molecular weight excluding hydrogens is 268 g/mol. The largest absolute Gasteiger partial charge is 0.444 e. The highest BCUT2D eigenvalue weighted by atomic mass is 16.6. The minimum Gasteiger partial charge on any atom is -0.444 e. The van der Waals surface area contributed by atoms with Gasteiger partial charge in [-0.1, -0.05) is 0 Å². The summed E-state index contributed by atoms with van der Waals surface area (Å²) in [5, 5.41) is 2.89. The zero-order valence-electron chi connectivity index (χ0n) is 14.1. The lowest BCUT2D eigenvalue weighted by atomic mass is 9.81. The first kappa shape index (κ1) is 17.8. The Morgan fingerprint density at radius 3 is 2.24 bits per heavy atom. The molecule has 1 aliphatic rings. The summed E-state index contributed by atoms with van der Waals surface area (Å²) in [7, 11) is 1.78. The van der Waals surface area contributed by atoms with Gasteiger partial charge in [-0.2, -0.15) is 0 Å². The molecule has 0 aromatic carbocycles. The Kier molecular flexibility index (Phi) is 6.49. The summed E-state index contributed by atoms with van der Waals surface area (Å²) in [5.74, 6) is 0.790. The van der Waals surface area contributed by atoms with Crippen LogP contribution in [0.4, 0.5) is 4.79 Å². The summed E-state index contributed by atoms with van der Waals surface area (Å²) >= 11 is 0. The average molecular weight is 298 g/mol. The molecule has 0 saturated heterocycles. The van der Waals surface area contributed by atoms with Crippen molar-refractivity contribution in [2.75, 3.05) is 20.1 Å². The van der Waals surface area contributed by atoms with Crippen molar-refractivity contribution in [2.45, 2.75) is 59.0 Å². The van der Waals surface area contributed by atoms with Gasteiger partial charge in [0.2, 0.25) is 5.91 Å². The van der Waals surface area contributed by atoms with E-state index in [0.29, 0.717) is 19.0 Å². The van der Waals surface area contributed by atoms with Crippen LogP contribution in [-0.2, 0) is 9.53 Å². The number of carbonyl (C=O) groups excluding carboxylic acids is 2. The van der Waals surface area contributed by atoms with E-state index >= 15 is 0 Å². The second kappa shape index (κ2) is 7.66. The molecule has 0 aromatic heterocycles. The highest BCUT2D eigenvalue weighted by Gasteiger charge is 2.28. The van der Waals surface area contributed by atoms with Crippen molar-refractivity contribution in [3.63, 3.8) is 0 Å². The smallest absolute Gasteiger partial charge is 0.410 e. The fraction of sp³-hybridized carbons (Fsp3) is 0.875. The van der Waals surface area contributed by atoms with Crippen molar-refractivity contribution in [1.82, 2.24) is 10.2 Å². The normalized spacial score (nSPS) is 22.5. The van der Waals surface area contributed by atoms with Crippen LogP contribution < -0.4 is 5.32 Å². The van der Waals surface area contributed by atoms with E-state index in [1.165, 1.54) is 0 Å². The van der Waals surface area contributed by atoms with Crippen LogP contribution in [0.25, 0.3) is 0 Å². The molecule has 21 heavy (non-hydrogen) atoms. The quantitative estimate of drug-likeness (QED) is 0.868. The van der Waals surface area contributed by atoms with Crippen molar-refractivity contribution in [3.05, 3.63) is 0 Å². The van der Waals surface area contributed by atoms with Gasteiger partial charge in [-0.05, 0) is 59.3 Å². The van der Waals surface area contributed by atoms with Crippen LogP contribution in [0.1, 0.15) is 53.4 Å². The molecule has 1 fully saturated rings. The van der Waals surface area contributed by atoms with E-state index in [4.69, 9.17) is 4.74 Å². The maximum Gasteiger partial charge on any atom is 0.410 e. The number of carbonyl (C=O) groups is 2. The lowest BCUT2D eigenvalue weighted by Gasteiger charge is -2.31. The molecule has 0 bridgehead atoms. The van der Waals surface area contributed by atoms with Gasteiger partial charge in [-0.3, -0.25) is 4.79 Å². The van der Waals surface area contributed by atoms with Gasteiger partial charge in [-0.25, -0.2) is 4.79 Å². The van der Waals surface area contributed by atoms with Crippen molar-refractivity contribution in [1.29, 1.82) is 0 Å². The molecule has 1 rings (SSSR count). The number of hydrogen-bond donors (Lipinski definition) is 1. The summed E-state index contributed by atoms with van der Waals surface area (Å²) in [6, 6.07) is 0. The molecule has 0 atom stereocenters. The summed E-state index contributed by atoms with van der Waals surface area (Å²) in [6.07, 6.45) is 3.55. The Bertz CT molecular complexity index is 355. The summed E-state index contributed by atoms with van der Waals surface area (Å²) < 4.78 is 5.36. The summed E-state index contributed by atoms with van der Waals surface area (Å²) in [6.45, 7) is 8.96. The molecule has 1 N–H and O–H groups in total. The Hall–Kier alpha value is -1.26. The summed E-state index contributed by atoms with van der Waals surface area (Å²) in [4.78, 5) is 25.4. The minimum absolute atomic E-state index is 0.146. The molecule has 0 heterocycles. The average Bonchev–Trinajstić information content (AvgIpc) is 2.37. The Morgan fingerprint density at radius 1 is 1.19 bits per heavy atom. The van der Waals surface area contributed by atoms with Crippen LogP contribution in [0.3, 0.4) is 0 Å². The van der Waals surface area contributed by atoms with Gasteiger partial charge < -0.3 is 15.0 Å². The van der Waals surface area contributed by atoms with E-state index in [9.17, 15) is 9.59 Å². The first-order chi connectivity index (χ1) is 9.73. The Morgan fingerprint density at radius 2 is 1.76 bits per heavy atom. The van der Waals surface area contributed by atoms with Crippen LogP contribution in [0, 0.1) is 11.8 Å². The number of hydrogen-bond acceptors (Lipinski definition) is 3. The van der Waals surface area contributed by atoms with Crippen LogP contribution >= 0.6 is 0 Å². The Balaban J connectivity index is 2.35. The number of amides is 2. The predicted molar refractivity (Wildman–Crippen MR) is 83.0 cm³/mol. The van der Waals surface area contributed by atoms with Gasteiger partial charge in [0, 0.05) is 26.1 Å². The van der Waals surface area contributed by atoms with Crippen LogP contribution in [0.5, 0.6) is 0 Å². The van der Waals surface area contributed by atoms with Gasteiger partial charge in [-0.15, -0.1) is 0 Å². The molecule has 0 aromatic rings. The van der Waals surface area contributed by atoms with E-state index in [2.05, 4.69) is 5.32 Å². The topological polar surface area (TPSA) is 58.6 Å². The van der Waals surface area contributed by atoms with Gasteiger partial charge >= 0.3 is 6.09 Å². The number of ether oxygens (including phenoxy) is 1. The van der Waals surface area contributed by atoms with Crippen LogP contribution in [0.15, 0.2) is 0 Å². The first-order valence-electron chi connectivity index (χ1n) is 7.94. The lowest BCUT2D eigenvalue weighted by molar-refractivity contribution is -0.126. The maximum absolute atomic E-state index is 11.9.